The van der Waals surface area contributed by atoms with E-state index < -0.39 is 17.3 Å². The summed E-state index contributed by atoms with van der Waals surface area (Å²) < 4.78 is 38.2. The lowest BCUT2D eigenvalue weighted by Crippen LogP contribution is -2.47. The molecule has 1 aromatic rings. The van der Waals surface area contributed by atoms with Crippen molar-refractivity contribution in [1.29, 1.82) is 0 Å². The summed E-state index contributed by atoms with van der Waals surface area (Å²) in [4.78, 5) is 17.2. The number of halogens is 3. The van der Waals surface area contributed by atoms with Gasteiger partial charge in [-0.05, 0) is 24.6 Å². The van der Waals surface area contributed by atoms with Crippen LogP contribution in [-0.2, 0) is 16.5 Å². The predicted octanol–water partition coefficient (Wildman–Crippen LogP) is 2.10. The minimum Gasteiger partial charge on any atom is -0.369 e. The SMILES string of the molecule is CN1C(=O)C[C@@](C)(c2cccc(C(F)(F)F)c2)N=C1N. The summed E-state index contributed by atoms with van der Waals surface area (Å²) in [6.45, 7) is 1.60. The van der Waals surface area contributed by atoms with Gasteiger partial charge in [-0.1, -0.05) is 12.1 Å². The van der Waals surface area contributed by atoms with E-state index >= 15 is 0 Å². The summed E-state index contributed by atoms with van der Waals surface area (Å²) in [6, 6.07) is 4.81. The number of alkyl halides is 3. The van der Waals surface area contributed by atoms with E-state index in [-0.39, 0.29) is 18.3 Å². The summed E-state index contributed by atoms with van der Waals surface area (Å²) in [7, 11) is 1.48. The van der Waals surface area contributed by atoms with E-state index in [1.807, 2.05) is 0 Å². The van der Waals surface area contributed by atoms with Gasteiger partial charge in [-0.3, -0.25) is 9.69 Å². The van der Waals surface area contributed by atoms with Gasteiger partial charge in [0.2, 0.25) is 5.91 Å². The molecule has 0 fully saturated rings. The van der Waals surface area contributed by atoms with Crippen molar-refractivity contribution in [2.24, 2.45) is 10.7 Å². The quantitative estimate of drug-likeness (QED) is 0.859. The van der Waals surface area contributed by atoms with Crippen LogP contribution in [0.2, 0.25) is 0 Å². The molecular formula is C13H14F3N3O. The third-order valence-electron chi connectivity index (χ3n) is 3.39. The van der Waals surface area contributed by atoms with Crippen molar-refractivity contribution in [3.63, 3.8) is 0 Å². The molecule has 0 aliphatic carbocycles. The van der Waals surface area contributed by atoms with Crippen molar-refractivity contribution in [2.75, 3.05) is 7.05 Å². The predicted molar refractivity (Wildman–Crippen MR) is 67.8 cm³/mol. The summed E-state index contributed by atoms with van der Waals surface area (Å²) in [6.07, 6.45) is -4.46. The molecule has 1 aliphatic heterocycles. The average molecular weight is 285 g/mol. The van der Waals surface area contributed by atoms with E-state index in [1.54, 1.807) is 6.92 Å². The Hall–Kier alpha value is -2.05. The molecule has 1 heterocycles. The molecule has 0 bridgehead atoms. The standard InChI is InChI=1S/C13H14F3N3O/c1-12(7-10(20)19(2)11(17)18-12)8-4-3-5-9(6-8)13(14,15)16/h3-6H,7H2,1-2H3,(H2,17,18)/t12-/m0/s1. The summed E-state index contributed by atoms with van der Waals surface area (Å²) >= 11 is 0. The van der Waals surface area contributed by atoms with Crippen LogP contribution in [0.1, 0.15) is 24.5 Å². The number of carbonyl (C=O) groups is 1. The topological polar surface area (TPSA) is 58.7 Å². The molecule has 4 nitrogen and oxygen atoms in total. The molecule has 0 radical (unpaired) electrons. The number of carbonyl (C=O) groups excluding carboxylic acids is 1. The maximum absolute atomic E-state index is 12.7. The zero-order valence-electron chi connectivity index (χ0n) is 11.0. The second-order valence-corrected chi connectivity index (χ2v) is 4.95. The second kappa shape index (κ2) is 4.50. The molecule has 0 spiro atoms. The first-order valence-corrected chi connectivity index (χ1v) is 5.93. The molecule has 1 aromatic carbocycles. The van der Waals surface area contributed by atoms with E-state index in [9.17, 15) is 18.0 Å². The van der Waals surface area contributed by atoms with E-state index in [1.165, 1.54) is 24.1 Å². The monoisotopic (exact) mass is 285 g/mol. The molecule has 20 heavy (non-hydrogen) atoms. The molecule has 2 N–H and O–H groups in total. The Kier molecular flexibility index (Phi) is 3.23. The molecule has 1 aliphatic rings. The highest BCUT2D eigenvalue weighted by Crippen LogP contribution is 2.36. The van der Waals surface area contributed by atoms with Crippen LogP contribution in [0, 0.1) is 0 Å². The highest BCUT2D eigenvalue weighted by atomic mass is 19.4. The van der Waals surface area contributed by atoms with Crippen molar-refractivity contribution in [3.8, 4) is 0 Å². The van der Waals surface area contributed by atoms with Gasteiger partial charge in [-0.15, -0.1) is 0 Å². The van der Waals surface area contributed by atoms with Crippen LogP contribution in [-0.4, -0.2) is 23.8 Å². The molecule has 0 saturated heterocycles. The van der Waals surface area contributed by atoms with E-state index in [0.29, 0.717) is 5.56 Å². The first kappa shape index (κ1) is 14.4. The normalized spacial score (nSPS) is 23.8. The van der Waals surface area contributed by atoms with Gasteiger partial charge in [0.15, 0.2) is 5.96 Å². The van der Waals surface area contributed by atoms with Gasteiger partial charge in [0, 0.05) is 7.05 Å². The molecule has 1 amide bonds. The number of nitrogens with two attached hydrogens (primary N) is 1. The van der Waals surface area contributed by atoms with Crippen LogP contribution in [0.5, 0.6) is 0 Å². The average Bonchev–Trinajstić information content (AvgIpc) is 2.35. The highest BCUT2D eigenvalue weighted by molar-refractivity contribution is 5.98. The molecule has 2 rings (SSSR count). The second-order valence-electron chi connectivity index (χ2n) is 4.95. The van der Waals surface area contributed by atoms with Crippen LogP contribution in [0.25, 0.3) is 0 Å². The zero-order valence-corrected chi connectivity index (χ0v) is 11.0. The number of amides is 1. The summed E-state index contributed by atoms with van der Waals surface area (Å²) in [5, 5.41) is 0. The number of benzene rings is 1. The Balaban J connectivity index is 2.48. The fourth-order valence-corrected chi connectivity index (χ4v) is 2.11. The number of nitrogens with zero attached hydrogens (tertiary/aromatic N) is 2. The minimum absolute atomic E-state index is 0.00108. The molecule has 1 atom stereocenters. The van der Waals surface area contributed by atoms with Crippen molar-refractivity contribution >= 4 is 11.9 Å². The largest absolute Gasteiger partial charge is 0.416 e. The Morgan fingerprint density at radius 2 is 2.05 bits per heavy atom. The zero-order chi connectivity index (χ0) is 15.1. The van der Waals surface area contributed by atoms with Gasteiger partial charge < -0.3 is 5.73 Å². The lowest BCUT2D eigenvalue weighted by Gasteiger charge is -2.33. The third kappa shape index (κ3) is 2.48. The Bertz CT molecular complexity index is 582. The van der Waals surface area contributed by atoms with Crippen LogP contribution < -0.4 is 5.73 Å². The highest BCUT2D eigenvalue weighted by Gasteiger charge is 2.38. The maximum atomic E-state index is 12.7. The molecule has 0 aromatic heterocycles. The van der Waals surface area contributed by atoms with Crippen molar-refractivity contribution in [2.45, 2.75) is 25.1 Å². The number of guanidine groups is 1. The first-order chi connectivity index (χ1) is 9.13. The van der Waals surface area contributed by atoms with Crippen molar-refractivity contribution < 1.29 is 18.0 Å². The minimum atomic E-state index is -4.43. The van der Waals surface area contributed by atoms with Crippen LogP contribution >= 0.6 is 0 Å². The van der Waals surface area contributed by atoms with E-state index in [0.717, 1.165) is 12.1 Å². The van der Waals surface area contributed by atoms with Crippen molar-refractivity contribution in [1.82, 2.24) is 4.90 Å². The lowest BCUT2D eigenvalue weighted by molar-refractivity contribution is -0.137. The maximum Gasteiger partial charge on any atom is 0.416 e. The van der Waals surface area contributed by atoms with Gasteiger partial charge >= 0.3 is 6.18 Å². The molecule has 0 saturated carbocycles. The molecule has 108 valence electrons. The summed E-state index contributed by atoms with van der Waals surface area (Å²) in [5.74, 6) is -0.279. The van der Waals surface area contributed by atoms with Crippen LogP contribution in [0.3, 0.4) is 0 Å². The molecule has 0 unspecified atom stereocenters. The fraction of sp³-hybridized carbons (Fsp3) is 0.385. The Morgan fingerprint density at radius 3 is 2.60 bits per heavy atom. The van der Waals surface area contributed by atoms with Crippen molar-refractivity contribution in [3.05, 3.63) is 35.4 Å². The van der Waals surface area contributed by atoms with Gasteiger partial charge in [0.25, 0.3) is 0 Å². The molecule has 7 heteroatoms. The number of aliphatic imine (C=N–C) groups is 1. The Labute approximate surface area is 114 Å². The number of hydrogen-bond donors (Lipinski definition) is 1. The van der Waals surface area contributed by atoms with Gasteiger partial charge in [-0.25, -0.2) is 4.99 Å². The first-order valence-electron chi connectivity index (χ1n) is 5.93. The van der Waals surface area contributed by atoms with Gasteiger partial charge in [0.1, 0.15) is 0 Å². The fourth-order valence-electron chi connectivity index (χ4n) is 2.11. The lowest BCUT2D eigenvalue weighted by atomic mass is 9.86. The number of rotatable bonds is 1. The summed E-state index contributed by atoms with van der Waals surface area (Å²) in [5.41, 5.74) is 4.11. The smallest absolute Gasteiger partial charge is 0.369 e. The number of hydrogen-bond acceptors (Lipinski definition) is 3. The van der Waals surface area contributed by atoms with Crippen LogP contribution in [0.15, 0.2) is 29.3 Å². The Morgan fingerprint density at radius 1 is 1.40 bits per heavy atom. The van der Waals surface area contributed by atoms with Crippen LogP contribution in [0.4, 0.5) is 13.2 Å². The van der Waals surface area contributed by atoms with Gasteiger partial charge in [-0.2, -0.15) is 13.2 Å². The third-order valence-corrected chi connectivity index (χ3v) is 3.39. The molecular weight excluding hydrogens is 271 g/mol. The van der Waals surface area contributed by atoms with E-state index in [4.69, 9.17) is 5.73 Å². The van der Waals surface area contributed by atoms with Gasteiger partial charge in [0.05, 0.1) is 17.5 Å². The van der Waals surface area contributed by atoms with E-state index in [2.05, 4.69) is 4.99 Å².